The number of carbonyl (C=O) groups is 2. The van der Waals surface area contributed by atoms with Crippen LogP contribution in [0.1, 0.15) is 55.1 Å². The molecule has 0 saturated heterocycles. The van der Waals surface area contributed by atoms with Crippen molar-refractivity contribution in [3.63, 3.8) is 0 Å². The van der Waals surface area contributed by atoms with Crippen molar-refractivity contribution < 1.29 is 14.3 Å². The van der Waals surface area contributed by atoms with Crippen LogP contribution in [0.2, 0.25) is 0 Å². The summed E-state index contributed by atoms with van der Waals surface area (Å²) in [7, 11) is 0. The second-order valence-corrected chi connectivity index (χ2v) is 7.07. The van der Waals surface area contributed by atoms with E-state index in [4.69, 9.17) is 4.74 Å². The highest BCUT2D eigenvalue weighted by atomic mass is 16.5. The Morgan fingerprint density at radius 3 is 2.56 bits per heavy atom. The van der Waals surface area contributed by atoms with Crippen LogP contribution in [0.5, 0.6) is 0 Å². The largest absolute Gasteiger partial charge is 0.462 e. The summed E-state index contributed by atoms with van der Waals surface area (Å²) in [6.45, 7) is 4.59. The molecule has 1 amide bonds. The van der Waals surface area contributed by atoms with Gasteiger partial charge in [-0.2, -0.15) is 0 Å². The van der Waals surface area contributed by atoms with Gasteiger partial charge in [0, 0.05) is 30.4 Å². The third kappa shape index (κ3) is 4.59. The molecular weight excluding hydrogens is 340 g/mol. The number of benzene rings is 1. The first-order valence-corrected chi connectivity index (χ1v) is 9.82. The summed E-state index contributed by atoms with van der Waals surface area (Å²) in [6, 6.07) is 12.1. The maximum atomic E-state index is 12.4. The lowest BCUT2D eigenvalue weighted by Gasteiger charge is -2.15. The van der Waals surface area contributed by atoms with E-state index >= 15 is 0 Å². The number of aromatic nitrogens is 1. The highest BCUT2D eigenvalue weighted by Crippen LogP contribution is 2.27. The van der Waals surface area contributed by atoms with E-state index in [1.807, 2.05) is 43.3 Å². The Morgan fingerprint density at radius 2 is 1.89 bits per heavy atom. The van der Waals surface area contributed by atoms with Crippen molar-refractivity contribution >= 4 is 11.9 Å². The number of amides is 1. The van der Waals surface area contributed by atoms with Gasteiger partial charge in [-0.05, 0) is 38.3 Å². The van der Waals surface area contributed by atoms with Gasteiger partial charge in [-0.3, -0.25) is 4.79 Å². The summed E-state index contributed by atoms with van der Waals surface area (Å²) in [6.07, 6.45) is 4.95. The van der Waals surface area contributed by atoms with Crippen LogP contribution >= 0.6 is 0 Å². The van der Waals surface area contributed by atoms with Crippen LogP contribution < -0.4 is 5.32 Å². The highest BCUT2D eigenvalue weighted by molar-refractivity contribution is 5.92. The average Bonchev–Trinajstić information content (AvgIpc) is 3.29. The van der Waals surface area contributed by atoms with Crippen molar-refractivity contribution in [2.75, 3.05) is 6.61 Å². The molecule has 1 fully saturated rings. The molecule has 1 aliphatic carbocycles. The molecule has 1 N–H and O–H groups in total. The first kappa shape index (κ1) is 19.2. The number of nitrogens with one attached hydrogen (secondary N) is 1. The number of hydrogen-bond acceptors (Lipinski definition) is 3. The van der Waals surface area contributed by atoms with E-state index < -0.39 is 0 Å². The molecule has 2 aromatic rings. The van der Waals surface area contributed by atoms with Gasteiger partial charge in [-0.1, -0.05) is 43.2 Å². The number of esters is 1. The first-order chi connectivity index (χ1) is 13.1. The second kappa shape index (κ2) is 8.89. The van der Waals surface area contributed by atoms with E-state index in [1.54, 1.807) is 6.92 Å². The summed E-state index contributed by atoms with van der Waals surface area (Å²) >= 11 is 0. The predicted octanol–water partition coefficient (Wildman–Crippen LogP) is 4.09. The molecular formula is C22H28N2O3. The van der Waals surface area contributed by atoms with Crippen molar-refractivity contribution in [2.45, 2.75) is 58.5 Å². The molecule has 0 spiro atoms. The van der Waals surface area contributed by atoms with Crippen LogP contribution in [0, 0.1) is 6.92 Å². The minimum absolute atomic E-state index is 0.0756. The Hall–Kier alpha value is -2.56. The van der Waals surface area contributed by atoms with Crippen molar-refractivity contribution in [1.29, 1.82) is 0 Å². The van der Waals surface area contributed by atoms with Crippen LogP contribution in [0.3, 0.4) is 0 Å². The van der Waals surface area contributed by atoms with E-state index in [0.717, 1.165) is 29.8 Å². The monoisotopic (exact) mass is 368 g/mol. The minimum atomic E-state index is -0.318. The molecule has 0 aliphatic heterocycles. The van der Waals surface area contributed by atoms with Gasteiger partial charge in [0.25, 0.3) is 0 Å². The Bertz CT molecular complexity index is 789. The maximum absolute atomic E-state index is 12.4. The van der Waals surface area contributed by atoms with E-state index in [0.29, 0.717) is 31.2 Å². The molecule has 1 aromatic carbocycles. The molecule has 3 rings (SSSR count). The first-order valence-electron chi connectivity index (χ1n) is 9.82. The lowest BCUT2D eigenvalue weighted by molar-refractivity contribution is -0.122. The summed E-state index contributed by atoms with van der Waals surface area (Å²) in [4.78, 5) is 24.7. The molecule has 0 radical (unpaired) electrons. The highest BCUT2D eigenvalue weighted by Gasteiger charge is 2.21. The zero-order valence-corrected chi connectivity index (χ0v) is 16.2. The molecule has 0 atom stereocenters. The standard InChI is InChI=1S/C22H28N2O3/c1-3-27-22(26)19-15-20(17-9-5-4-6-10-17)24(16(19)2)14-13-21(25)23-18-11-7-8-12-18/h4-6,9-10,15,18H,3,7-8,11-14H2,1-2H3,(H,23,25). The van der Waals surface area contributed by atoms with Crippen LogP contribution in [-0.2, 0) is 16.1 Å². The fourth-order valence-electron chi connectivity index (χ4n) is 3.78. The summed E-state index contributed by atoms with van der Waals surface area (Å²) < 4.78 is 7.25. The quantitative estimate of drug-likeness (QED) is 0.749. The SMILES string of the molecule is CCOC(=O)c1cc(-c2ccccc2)n(CCC(=O)NC2CCCC2)c1C. The van der Waals surface area contributed by atoms with Gasteiger partial charge < -0.3 is 14.6 Å². The van der Waals surface area contributed by atoms with Crippen LogP contribution in [-0.4, -0.2) is 29.1 Å². The van der Waals surface area contributed by atoms with Crippen molar-refractivity contribution in [3.05, 3.63) is 47.7 Å². The Labute approximate surface area is 160 Å². The molecule has 0 unspecified atom stereocenters. The van der Waals surface area contributed by atoms with E-state index in [2.05, 4.69) is 9.88 Å². The Balaban J connectivity index is 1.81. The minimum Gasteiger partial charge on any atom is -0.462 e. The number of hydrogen-bond donors (Lipinski definition) is 1. The van der Waals surface area contributed by atoms with E-state index in [9.17, 15) is 9.59 Å². The van der Waals surface area contributed by atoms with Gasteiger partial charge in [0.2, 0.25) is 5.91 Å². The third-order valence-corrected chi connectivity index (χ3v) is 5.21. The van der Waals surface area contributed by atoms with Gasteiger partial charge in [-0.15, -0.1) is 0 Å². The summed E-state index contributed by atoms with van der Waals surface area (Å²) in [5.74, 6) is -0.243. The fourth-order valence-corrected chi connectivity index (χ4v) is 3.78. The molecule has 5 heteroatoms. The van der Waals surface area contributed by atoms with Crippen LogP contribution in [0.25, 0.3) is 11.3 Å². The number of nitrogens with zero attached hydrogens (tertiary/aromatic N) is 1. The van der Waals surface area contributed by atoms with Gasteiger partial charge in [0.1, 0.15) is 0 Å². The second-order valence-electron chi connectivity index (χ2n) is 7.07. The zero-order valence-electron chi connectivity index (χ0n) is 16.2. The van der Waals surface area contributed by atoms with E-state index in [-0.39, 0.29) is 11.9 Å². The lowest BCUT2D eigenvalue weighted by atomic mass is 10.1. The maximum Gasteiger partial charge on any atom is 0.339 e. The number of ether oxygens (including phenoxy) is 1. The molecule has 27 heavy (non-hydrogen) atoms. The molecule has 0 bridgehead atoms. The van der Waals surface area contributed by atoms with Gasteiger partial charge in [0.15, 0.2) is 0 Å². The summed E-state index contributed by atoms with van der Waals surface area (Å²) in [5.41, 5.74) is 3.35. The van der Waals surface area contributed by atoms with E-state index in [1.165, 1.54) is 12.8 Å². The number of carbonyl (C=O) groups excluding carboxylic acids is 2. The van der Waals surface area contributed by atoms with Gasteiger partial charge in [-0.25, -0.2) is 4.79 Å². The Kier molecular flexibility index (Phi) is 6.32. The van der Waals surface area contributed by atoms with Crippen LogP contribution in [0.4, 0.5) is 0 Å². The molecule has 144 valence electrons. The lowest BCUT2D eigenvalue weighted by Crippen LogP contribution is -2.33. The smallest absolute Gasteiger partial charge is 0.339 e. The zero-order chi connectivity index (χ0) is 19.2. The topological polar surface area (TPSA) is 60.3 Å². The Morgan fingerprint density at radius 1 is 1.19 bits per heavy atom. The molecule has 1 aliphatic rings. The molecule has 1 heterocycles. The van der Waals surface area contributed by atoms with Crippen LogP contribution in [0.15, 0.2) is 36.4 Å². The third-order valence-electron chi connectivity index (χ3n) is 5.21. The van der Waals surface area contributed by atoms with Gasteiger partial charge in [0.05, 0.1) is 12.2 Å². The van der Waals surface area contributed by atoms with Crippen molar-refractivity contribution in [2.24, 2.45) is 0 Å². The van der Waals surface area contributed by atoms with Gasteiger partial charge >= 0.3 is 5.97 Å². The normalized spacial score (nSPS) is 14.3. The molecule has 1 saturated carbocycles. The summed E-state index contributed by atoms with van der Waals surface area (Å²) in [5, 5.41) is 3.13. The molecule has 5 nitrogen and oxygen atoms in total. The fraction of sp³-hybridized carbons (Fsp3) is 0.455. The number of rotatable bonds is 7. The predicted molar refractivity (Wildman–Crippen MR) is 106 cm³/mol. The average molecular weight is 368 g/mol. The van der Waals surface area contributed by atoms with Crippen molar-refractivity contribution in [1.82, 2.24) is 9.88 Å². The molecule has 1 aromatic heterocycles. The van der Waals surface area contributed by atoms with Crippen molar-refractivity contribution in [3.8, 4) is 11.3 Å².